The van der Waals surface area contributed by atoms with Crippen molar-refractivity contribution in [3.63, 3.8) is 0 Å². The van der Waals surface area contributed by atoms with Crippen LogP contribution in [0.5, 0.6) is 0 Å². The van der Waals surface area contributed by atoms with E-state index in [0.29, 0.717) is 6.04 Å². The van der Waals surface area contributed by atoms with Crippen molar-refractivity contribution in [3.05, 3.63) is 30.1 Å². The Bertz CT molecular complexity index is 299. The number of halogens is 1. The molecule has 1 saturated carbocycles. The third-order valence-electron chi connectivity index (χ3n) is 3.23. The fraction of sp³-hybridized carbons (Fsp3) is 0.538. The number of hydrogen-bond acceptors (Lipinski definition) is 1. The van der Waals surface area contributed by atoms with Crippen molar-refractivity contribution in [3.8, 4) is 0 Å². The van der Waals surface area contributed by atoms with Gasteiger partial charge in [-0.25, -0.2) is 4.39 Å². The van der Waals surface area contributed by atoms with E-state index in [0.717, 1.165) is 11.6 Å². The molecule has 1 N–H and O–H groups in total. The average Bonchev–Trinajstić information content (AvgIpc) is 2.25. The molecule has 15 heavy (non-hydrogen) atoms. The number of anilines is 1. The van der Waals surface area contributed by atoms with Crippen LogP contribution < -0.4 is 5.32 Å². The van der Waals surface area contributed by atoms with Gasteiger partial charge in [-0.1, -0.05) is 6.92 Å². The summed E-state index contributed by atoms with van der Waals surface area (Å²) in [6.45, 7) is 2.31. The molecule has 1 aliphatic rings. The van der Waals surface area contributed by atoms with Crippen LogP contribution >= 0.6 is 0 Å². The minimum Gasteiger partial charge on any atom is -0.382 e. The predicted molar refractivity (Wildman–Crippen MR) is 61.4 cm³/mol. The molecule has 1 fully saturated rings. The lowest BCUT2D eigenvalue weighted by molar-refractivity contribution is 0.361. The molecule has 1 nitrogen and oxygen atoms in total. The van der Waals surface area contributed by atoms with Crippen LogP contribution in [-0.4, -0.2) is 6.04 Å². The highest BCUT2D eigenvalue weighted by molar-refractivity contribution is 5.43. The first-order chi connectivity index (χ1) is 7.24. The molecule has 0 heterocycles. The maximum Gasteiger partial charge on any atom is 0.123 e. The monoisotopic (exact) mass is 207 g/mol. The van der Waals surface area contributed by atoms with Crippen LogP contribution in [0, 0.1) is 11.7 Å². The number of benzene rings is 1. The van der Waals surface area contributed by atoms with Crippen LogP contribution in [0.4, 0.5) is 10.1 Å². The van der Waals surface area contributed by atoms with E-state index in [-0.39, 0.29) is 5.82 Å². The van der Waals surface area contributed by atoms with E-state index in [2.05, 4.69) is 12.2 Å². The molecule has 2 heteroatoms. The van der Waals surface area contributed by atoms with Crippen LogP contribution in [0.3, 0.4) is 0 Å². The molecular weight excluding hydrogens is 189 g/mol. The molecule has 1 aromatic carbocycles. The highest BCUT2D eigenvalue weighted by Crippen LogP contribution is 2.25. The molecular formula is C13H18FN. The molecule has 1 aliphatic carbocycles. The molecule has 1 aromatic rings. The van der Waals surface area contributed by atoms with Crippen molar-refractivity contribution in [1.82, 2.24) is 0 Å². The van der Waals surface area contributed by atoms with Crippen molar-refractivity contribution in [2.75, 3.05) is 5.32 Å². The molecule has 0 spiro atoms. The summed E-state index contributed by atoms with van der Waals surface area (Å²) < 4.78 is 12.7. The minimum absolute atomic E-state index is 0.169. The van der Waals surface area contributed by atoms with Gasteiger partial charge >= 0.3 is 0 Å². The van der Waals surface area contributed by atoms with E-state index in [9.17, 15) is 4.39 Å². The van der Waals surface area contributed by atoms with Gasteiger partial charge in [0, 0.05) is 11.7 Å². The van der Waals surface area contributed by atoms with Gasteiger partial charge in [-0.05, 0) is 55.9 Å². The summed E-state index contributed by atoms with van der Waals surface area (Å²) in [7, 11) is 0. The van der Waals surface area contributed by atoms with Crippen molar-refractivity contribution in [1.29, 1.82) is 0 Å². The standard InChI is InChI=1S/C13H18FN/c1-10-2-6-12(7-3-10)15-13-8-4-11(14)5-9-13/h4-5,8-10,12,15H,2-3,6-7H2,1H3. The molecule has 82 valence electrons. The number of rotatable bonds is 2. The van der Waals surface area contributed by atoms with Gasteiger partial charge in [-0.15, -0.1) is 0 Å². The van der Waals surface area contributed by atoms with Gasteiger partial charge in [-0.2, -0.15) is 0 Å². The Kier molecular flexibility index (Phi) is 3.24. The van der Waals surface area contributed by atoms with Gasteiger partial charge in [0.15, 0.2) is 0 Å². The molecule has 0 atom stereocenters. The molecule has 2 rings (SSSR count). The average molecular weight is 207 g/mol. The second-order valence-electron chi connectivity index (χ2n) is 4.61. The summed E-state index contributed by atoms with van der Waals surface area (Å²) in [5.74, 6) is 0.703. The lowest BCUT2D eigenvalue weighted by Gasteiger charge is -2.27. The zero-order valence-electron chi connectivity index (χ0n) is 9.17. The van der Waals surface area contributed by atoms with Crippen LogP contribution in [0.15, 0.2) is 24.3 Å². The normalized spacial score (nSPS) is 26.3. The highest BCUT2D eigenvalue weighted by Gasteiger charge is 2.17. The van der Waals surface area contributed by atoms with E-state index in [4.69, 9.17) is 0 Å². The van der Waals surface area contributed by atoms with E-state index in [1.807, 2.05) is 12.1 Å². The van der Waals surface area contributed by atoms with Gasteiger partial charge in [-0.3, -0.25) is 0 Å². The molecule has 0 radical (unpaired) electrons. The summed E-state index contributed by atoms with van der Waals surface area (Å²) in [4.78, 5) is 0. The minimum atomic E-state index is -0.169. The molecule has 0 saturated heterocycles. The summed E-state index contributed by atoms with van der Waals surface area (Å²) in [5, 5.41) is 3.46. The zero-order valence-corrected chi connectivity index (χ0v) is 9.17. The van der Waals surface area contributed by atoms with Crippen molar-refractivity contribution in [2.45, 2.75) is 38.6 Å². The maximum atomic E-state index is 12.7. The summed E-state index contributed by atoms with van der Waals surface area (Å²) in [5.41, 5.74) is 1.04. The second-order valence-corrected chi connectivity index (χ2v) is 4.61. The Hall–Kier alpha value is -1.05. The zero-order chi connectivity index (χ0) is 10.7. The molecule has 0 aliphatic heterocycles. The van der Waals surface area contributed by atoms with Crippen LogP contribution in [-0.2, 0) is 0 Å². The number of nitrogens with one attached hydrogen (secondary N) is 1. The van der Waals surface area contributed by atoms with Crippen molar-refractivity contribution >= 4 is 5.69 Å². The fourth-order valence-corrected chi connectivity index (χ4v) is 2.19. The highest BCUT2D eigenvalue weighted by atomic mass is 19.1. The molecule has 0 bridgehead atoms. The molecule has 0 unspecified atom stereocenters. The molecule has 0 amide bonds. The van der Waals surface area contributed by atoms with E-state index in [1.54, 1.807) is 0 Å². The first-order valence-corrected chi connectivity index (χ1v) is 5.76. The van der Waals surface area contributed by atoms with Crippen LogP contribution in [0.1, 0.15) is 32.6 Å². The van der Waals surface area contributed by atoms with Crippen LogP contribution in [0.2, 0.25) is 0 Å². The Morgan fingerprint density at radius 1 is 1.07 bits per heavy atom. The van der Waals surface area contributed by atoms with Gasteiger partial charge in [0.2, 0.25) is 0 Å². The van der Waals surface area contributed by atoms with Gasteiger partial charge < -0.3 is 5.32 Å². The largest absolute Gasteiger partial charge is 0.382 e. The van der Waals surface area contributed by atoms with E-state index in [1.165, 1.54) is 37.8 Å². The second kappa shape index (κ2) is 4.65. The van der Waals surface area contributed by atoms with Gasteiger partial charge in [0.25, 0.3) is 0 Å². The topological polar surface area (TPSA) is 12.0 Å². The van der Waals surface area contributed by atoms with Crippen LogP contribution in [0.25, 0.3) is 0 Å². The van der Waals surface area contributed by atoms with Gasteiger partial charge in [0.1, 0.15) is 5.82 Å². The lowest BCUT2D eigenvalue weighted by atomic mass is 9.87. The Balaban J connectivity index is 1.89. The number of hydrogen-bond donors (Lipinski definition) is 1. The van der Waals surface area contributed by atoms with Crippen molar-refractivity contribution in [2.24, 2.45) is 5.92 Å². The van der Waals surface area contributed by atoms with E-state index < -0.39 is 0 Å². The Labute approximate surface area is 90.7 Å². The maximum absolute atomic E-state index is 12.7. The Morgan fingerprint density at radius 3 is 2.27 bits per heavy atom. The summed E-state index contributed by atoms with van der Waals surface area (Å²) in [6, 6.07) is 7.22. The lowest BCUT2D eigenvalue weighted by Crippen LogP contribution is -2.25. The fourth-order valence-electron chi connectivity index (χ4n) is 2.19. The van der Waals surface area contributed by atoms with Gasteiger partial charge in [0.05, 0.1) is 0 Å². The van der Waals surface area contributed by atoms with E-state index >= 15 is 0 Å². The quantitative estimate of drug-likeness (QED) is 0.777. The first kappa shape index (κ1) is 10.5. The SMILES string of the molecule is CC1CCC(Nc2ccc(F)cc2)CC1. The Morgan fingerprint density at radius 2 is 1.67 bits per heavy atom. The first-order valence-electron chi connectivity index (χ1n) is 5.76. The smallest absolute Gasteiger partial charge is 0.123 e. The third kappa shape index (κ3) is 2.95. The summed E-state index contributed by atoms with van der Waals surface area (Å²) >= 11 is 0. The third-order valence-corrected chi connectivity index (χ3v) is 3.23. The summed E-state index contributed by atoms with van der Waals surface area (Å²) in [6.07, 6.45) is 5.08. The molecule has 0 aromatic heterocycles. The predicted octanol–water partition coefficient (Wildman–Crippen LogP) is 3.82. The van der Waals surface area contributed by atoms with Crippen molar-refractivity contribution < 1.29 is 4.39 Å².